The van der Waals surface area contributed by atoms with E-state index in [0.717, 1.165) is 89.6 Å². The third-order valence-corrected chi connectivity index (χ3v) is 8.45. The number of nitrogens with one attached hydrogen (secondary N) is 2. The number of amides is 2. The molecule has 1 aliphatic heterocycles. The Hall–Kier alpha value is -4.51. The van der Waals surface area contributed by atoms with Crippen LogP contribution in [0.4, 0.5) is 10.5 Å². The molecule has 0 spiro atoms. The molecular weight excluding hydrogens is 564 g/mol. The van der Waals surface area contributed by atoms with Crippen molar-refractivity contribution < 1.29 is 9.90 Å². The molecule has 234 valence electrons. The van der Waals surface area contributed by atoms with Crippen LogP contribution in [0.5, 0.6) is 0 Å². The number of hydrogen-bond acceptors (Lipinski definition) is 6. The summed E-state index contributed by atoms with van der Waals surface area (Å²) in [6, 6.07) is 20.9. The van der Waals surface area contributed by atoms with Crippen molar-refractivity contribution in [1.82, 2.24) is 34.4 Å². The summed E-state index contributed by atoms with van der Waals surface area (Å²) < 4.78 is 2.00. The molecule has 2 aromatic carbocycles. The first-order valence-corrected chi connectivity index (χ1v) is 15.6. The SMILES string of the molecule is CC(C)n1cc(-c2ccnc3[nH]c(-c4ccc(CN5CCN(CCO)CC5)cc4)cc23)c(-c2ccc(NC(=O)N(C)C)cc2)n1. The number of nitrogens with zero attached hydrogens (tertiary/aromatic N) is 6. The number of β-amino-alcohol motifs (C(OH)–C–C–N with tert-alkyl or cyclic N) is 1. The van der Waals surface area contributed by atoms with E-state index in [1.54, 1.807) is 14.1 Å². The maximum atomic E-state index is 12.1. The summed E-state index contributed by atoms with van der Waals surface area (Å²) >= 11 is 0. The fourth-order valence-electron chi connectivity index (χ4n) is 5.79. The van der Waals surface area contributed by atoms with Gasteiger partial charge < -0.3 is 20.3 Å². The normalized spacial score (nSPS) is 14.4. The largest absolute Gasteiger partial charge is 0.395 e. The van der Waals surface area contributed by atoms with Gasteiger partial charge in [0.05, 0.1) is 6.61 Å². The average Bonchev–Trinajstić information content (AvgIpc) is 3.68. The Kier molecular flexibility index (Phi) is 8.97. The number of hydrogen-bond donors (Lipinski definition) is 3. The lowest BCUT2D eigenvalue weighted by molar-refractivity contribution is 0.108. The van der Waals surface area contributed by atoms with Crippen molar-refractivity contribution in [3.63, 3.8) is 0 Å². The number of urea groups is 1. The molecule has 3 aromatic heterocycles. The molecule has 0 bridgehead atoms. The standard InChI is InChI=1S/C35H42N8O2/c1-24(2)43-23-31(33(39-43)27-9-11-28(12-10-27)37-35(45)40(3)4)29-13-14-36-34-30(29)21-32(38-34)26-7-5-25(6-8-26)22-42-17-15-41(16-18-42)19-20-44/h5-14,21,23-24,44H,15-20,22H2,1-4H3,(H,36,38)(H,37,45). The van der Waals surface area contributed by atoms with Gasteiger partial charge in [0.15, 0.2) is 0 Å². The van der Waals surface area contributed by atoms with Crippen LogP contribution in [0.25, 0.3) is 44.7 Å². The quantitative estimate of drug-likeness (QED) is 0.203. The number of carbonyl (C=O) groups is 1. The molecule has 1 aliphatic rings. The molecule has 10 heteroatoms. The molecule has 5 aromatic rings. The van der Waals surface area contributed by atoms with Crippen LogP contribution < -0.4 is 5.32 Å². The smallest absolute Gasteiger partial charge is 0.321 e. The van der Waals surface area contributed by atoms with Crippen LogP contribution in [0.1, 0.15) is 25.5 Å². The van der Waals surface area contributed by atoms with Gasteiger partial charge in [-0.25, -0.2) is 9.78 Å². The lowest BCUT2D eigenvalue weighted by Crippen LogP contribution is -2.46. The zero-order chi connectivity index (χ0) is 31.5. The predicted molar refractivity (Wildman–Crippen MR) is 180 cm³/mol. The number of pyridine rings is 1. The number of aliphatic hydroxyl groups excluding tert-OH is 1. The molecule has 3 N–H and O–H groups in total. The summed E-state index contributed by atoms with van der Waals surface area (Å²) in [6.07, 6.45) is 3.96. The average molecular weight is 607 g/mol. The Morgan fingerprint density at radius 3 is 2.31 bits per heavy atom. The van der Waals surface area contributed by atoms with Crippen molar-refractivity contribution >= 4 is 22.8 Å². The Bertz CT molecular complexity index is 1750. The van der Waals surface area contributed by atoms with Crippen molar-refractivity contribution in [1.29, 1.82) is 0 Å². The van der Waals surface area contributed by atoms with E-state index in [-0.39, 0.29) is 18.7 Å². The van der Waals surface area contributed by atoms with Crippen molar-refractivity contribution in [3.05, 3.63) is 78.6 Å². The van der Waals surface area contributed by atoms with E-state index in [9.17, 15) is 9.90 Å². The minimum atomic E-state index is -0.169. The minimum Gasteiger partial charge on any atom is -0.395 e. The topological polar surface area (TPSA) is 106 Å². The second kappa shape index (κ2) is 13.2. The first-order chi connectivity index (χ1) is 21.8. The highest BCUT2D eigenvalue weighted by molar-refractivity contribution is 5.99. The van der Waals surface area contributed by atoms with Gasteiger partial charge in [-0.15, -0.1) is 0 Å². The lowest BCUT2D eigenvalue weighted by Gasteiger charge is -2.34. The van der Waals surface area contributed by atoms with Crippen LogP contribution in [-0.4, -0.2) is 99.0 Å². The Morgan fingerprint density at radius 2 is 1.64 bits per heavy atom. The fourth-order valence-corrected chi connectivity index (χ4v) is 5.79. The fraction of sp³-hybridized carbons (Fsp3) is 0.343. The van der Waals surface area contributed by atoms with Gasteiger partial charge in [0.1, 0.15) is 11.3 Å². The summed E-state index contributed by atoms with van der Waals surface area (Å²) in [5.74, 6) is 0. The van der Waals surface area contributed by atoms with Gasteiger partial charge in [0.25, 0.3) is 0 Å². The number of benzene rings is 2. The monoisotopic (exact) mass is 606 g/mol. The zero-order valence-electron chi connectivity index (χ0n) is 26.5. The Balaban J connectivity index is 1.26. The van der Waals surface area contributed by atoms with Crippen LogP contribution >= 0.6 is 0 Å². The van der Waals surface area contributed by atoms with Gasteiger partial charge in [-0.3, -0.25) is 14.5 Å². The Labute approximate surface area is 264 Å². The third kappa shape index (κ3) is 6.78. The molecule has 45 heavy (non-hydrogen) atoms. The van der Waals surface area contributed by atoms with E-state index < -0.39 is 0 Å². The maximum absolute atomic E-state index is 12.1. The number of carbonyl (C=O) groups excluding carboxylic acids is 1. The number of aromatic nitrogens is 4. The van der Waals surface area contributed by atoms with E-state index in [1.165, 1.54) is 10.5 Å². The van der Waals surface area contributed by atoms with Gasteiger partial charge >= 0.3 is 6.03 Å². The van der Waals surface area contributed by atoms with Crippen molar-refractivity contribution in [2.75, 3.05) is 58.7 Å². The van der Waals surface area contributed by atoms with Gasteiger partial charge in [-0.2, -0.15) is 5.10 Å². The van der Waals surface area contributed by atoms with Crippen molar-refractivity contribution in [3.8, 4) is 33.6 Å². The highest BCUT2D eigenvalue weighted by Gasteiger charge is 2.19. The summed E-state index contributed by atoms with van der Waals surface area (Å²) in [6.45, 7) is 10.2. The van der Waals surface area contributed by atoms with Gasteiger partial charge in [0, 0.05) is 99.7 Å². The van der Waals surface area contributed by atoms with Gasteiger partial charge in [-0.05, 0) is 54.8 Å². The van der Waals surface area contributed by atoms with E-state index in [1.807, 2.05) is 35.1 Å². The van der Waals surface area contributed by atoms with E-state index in [4.69, 9.17) is 5.10 Å². The second-order valence-corrected chi connectivity index (χ2v) is 12.2. The first-order valence-electron chi connectivity index (χ1n) is 15.6. The number of piperazine rings is 1. The molecule has 0 atom stereocenters. The molecule has 0 saturated carbocycles. The Morgan fingerprint density at radius 1 is 0.956 bits per heavy atom. The number of aliphatic hydroxyl groups is 1. The third-order valence-electron chi connectivity index (χ3n) is 8.45. The zero-order valence-corrected chi connectivity index (χ0v) is 26.5. The molecule has 1 fully saturated rings. The van der Waals surface area contributed by atoms with Crippen LogP contribution in [0.2, 0.25) is 0 Å². The summed E-state index contributed by atoms with van der Waals surface area (Å²) in [5, 5.41) is 18.1. The van der Waals surface area contributed by atoms with Gasteiger partial charge in [0.2, 0.25) is 0 Å². The van der Waals surface area contributed by atoms with Crippen LogP contribution in [0.15, 0.2) is 73.1 Å². The molecule has 4 heterocycles. The second-order valence-electron chi connectivity index (χ2n) is 12.2. The molecule has 10 nitrogen and oxygen atoms in total. The van der Waals surface area contributed by atoms with E-state index in [0.29, 0.717) is 0 Å². The number of aromatic amines is 1. The molecule has 1 saturated heterocycles. The predicted octanol–water partition coefficient (Wildman–Crippen LogP) is 5.54. The van der Waals surface area contributed by atoms with Crippen molar-refractivity contribution in [2.45, 2.75) is 26.4 Å². The van der Waals surface area contributed by atoms with Gasteiger partial charge in [-0.1, -0.05) is 36.4 Å². The highest BCUT2D eigenvalue weighted by atomic mass is 16.3. The number of fused-ring (bicyclic) bond motifs is 1. The van der Waals surface area contributed by atoms with E-state index >= 15 is 0 Å². The summed E-state index contributed by atoms with van der Waals surface area (Å²) in [7, 11) is 3.44. The van der Waals surface area contributed by atoms with Crippen LogP contribution in [-0.2, 0) is 6.54 Å². The van der Waals surface area contributed by atoms with Crippen LogP contribution in [0.3, 0.4) is 0 Å². The van der Waals surface area contributed by atoms with Crippen LogP contribution in [0, 0.1) is 0 Å². The maximum Gasteiger partial charge on any atom is 0.321 e. The molecule has 6 rings (SSSR count). The number of anilines is 1. The first kappa shape index (κ1) is 30.5. The van der Waals surface area contributed by atoms with Crippen molar-refractivity contribution in [2.24, 2.45) is 0 Å². The number of rotatable bonds is 9. The molecule has 0 radical (unpaired) electrons. The highest BCUT2D eigenvalue weighted by Crippen LogP contribution is 2.37. The minimum absolute atomic E-state index is 0.169. The molecular formula is C35H42N8O2. The summed E-state index contributed by atoms with van der Waals surface area (Å²) in [4.78, 5) is 26.6. The molecule has 0 unspecified atom stereocenters. The molecule has 2 amide bonds. The molecule has 0 aliphatic carbocycles. The lowest BCUT2D eigenvalue weighted by atomic mass is 9.99. The van der Waals surface area contributed by atoms with E-state index in [2.05, 4.69) is 81.5 Å². The number of H-pyrrole nitrogens is 1. The summed E-state index contributed by atoms with van der Waals surface area (Å²) in [5.41, 5.74) is 8.93.